The highest BCUT2D eigenvalue weighted by atomic mass is 16.7. The van der Waals surface area contributed by atoms with E-state index in [2.05, 4.69) is 45.8 Å². The van der Waals surface area contributed by atoms with Crippen LogP contribution in [0.3, 0.4) is 0 Å². The number of unbranched alkanes of at least 4 members (excludes halogenated alkanes) is 2. The fraction of sp³-hybridized carbons (Fsp3) is 0.636. The third-order valence-electron chi connectivity index (χ3n) is 6.00. The van der Waals surface area contributed by atoms with Crippen LogP contribution in [0.5, 0.6) is 0 Å². The highest BCUT2D eigenvalue weighted by molar-refractivity contribution is 6.51. The highest BCUT2D eigenvalue weighted by Crippen LogP contribution is 2.51. The smallest absolute Gasteiger partial charge is 0.402 e. The first kappa shape index (κ1) is 19.7. The molecule has 2 aliphatic rings. The molecule has 0 spiro atoms. The van der Waals surface area contributed by atoms with E-state index in [1.807, 2.05) is 18.2 Å². The van der Waals surface area contributed by atoms with Crippen LogP contribution in [0.15, 0.2) is 41.9 Å². The Bertz CT molecular complexity index is 624. The first-order valence-corrected chi connectivity index (χ1v) is 10.2. The van der Waals surface area contributed by atoms with Crippen LogP contribution in [-0.4, -0.2) is 23.9 Å². The molecular formula is C22H33BO3. The molecule has 0 bridgehead atoms. The molecule has 1 N–H and O–H groups in total. The summed E-state index contributed by atoms with van der Waals surface area (Å²) >= 11 is 0. The maximum Gasteiger partial charge on any atom is 0.486 e. The Balaban J connectivity index is 1.92. The minimum absolute atomic E-state index is 0.0337. The Morgan fingerprint density at radius 2 is 1.96 bits per heavy atom. The van der Waals surface area contributed by atoms with Gasteiger partial charge in [0.2, 0.25) is 0 Å². The van der Waals surface area contributed by atoms with Crippen LogP contribution in [0.1, 0.15) is 71.8 Å². The van der Waals surface area contributed by atoms with Crippen molar-refractivity contribution in [2.75, 3.05) is 0 Å². The SMILES string of the molecule is CCCCCC(=CB1OC(C)C(C)(C)O1)C(O)(c1ccccc1)C1CC1. The van der Waals surface area contributed by atoms with Gasteiger partial charge in [-0.05, 0) is 63.5 Å². The Kier molecular flexibility index (Phi) is 5.96. The van der Waals surface area contributed by atoms with Gasteiger partial charge in [-0.25, -0.2) is 0 Å². The van der Waals surface area contributed by atoms with Crippen molar-refractivity contribution in [1.29, 1.82) is 0 Å². The molecule has 26 heavy (non-hydrogen) atoms. The number of aliphatic hydroxyl groups is 1. The van der Waals surface area contributed by atoms with Crippen molar-refractivity contribution in [2.45, 2.75) is 83.5 Å². The molecule has 2 fully saturated rings. The summed E-state index contributed by atoms with van der Waals surface area (Å²) in [5.41, 5.74) is 0.850. The monoisotopic (exact) mass is 356 g/mol. The lowest BCUT2D eigenvalue weighted by atomic mass is 9.74. The van der Waals surface area contributed by atoms with E-state index in [1.54, 1.807) is 0 Å². The molecule has 2 unspecified atom stereocenters. The molecule has 1 aliphatic heterocycles. The summed E-state index contributed by atoms with van der Waals surface area (Å²) in [6.45, 7) is 8.38. The number of hydrogen-bond acceptors (Lipinski definition) is 3. The van der Waals surface area contributed by atoms with Gasteiger partial charge in [0.25, 0.3) is 0 Å². The largest absolute Gasteiger partial charge is 0.486 e. The van der Waals surface area contributed by atoms with E-state index in [1.165, 1.54) is 12.8 Å². The van der Waals surface area contributed by atoms with E-state index in [-0.39, 0.29) is 18.8 Å². The minimum atomic E-state index is -0.905. The highest BCUT2D eigenvalue weighted by Gasteiger charge is 2.49. The molecule has 0 aromatic heterocycles. The number of benzene rings is 1. The molecule has 0 radical (unpaired) electrons. The van der Waals surface area contributed by atoms with Gasteiger partial charge >= 0.3 is 7.12 Å². The first-order valence-electron chi connectivity index (χ1n) is 10.2. The summed E-state index contributed by atoms with van der Waals surface area (Å²) in [5.74, 6) is 2.36. The third kappa shape index (κ3) is 4.08. The van der Waals surface area contributed by atoms with Crippen molar-refractivity contribution in [3.63, 3.8) is 0 Å². The number of hydrogen-bond donors (Lipinski definition) is 1. The fourth-order valence-electron chi connectivity index (χ4n) is 3.87. The molecular weight excluding hydrogens is 323 g/mol. The van der Waals surface area contributed by atoms with Gasteiger partial charge in [0.05, 0.1) is 11.7 Å². The van der Waals surface area contributed by atoms with E-state index in [0.29, 0.717) is 5.92 Å². The molecule has 0 amide bonds. The quantitative estimate of drug-likeness (QED) is 0.524. The minimum Gasteiger partial charge on any atom is -0.402 e. The van der Waals surface area contributed by atoms with E-state index in [4.69, 9.17) is 9.31 Å². The Hall–Kier alpha value is -1.10. The van der Waals surface area contributed by atoms with E-state index >= 15 is 0 Å². The molecule has 1 aliphatic carbocycles. The molecule has 1 aromatic carbocycles. The summed E-state index contributed by atoms with van der Waals surface area (Å²) in [5, 5.41) is 11.9. The Labute approximate surface area is 158 Å². The second kappa shape index (κ2) is 7.88. The van der Waals surface area contributed by atoms with Gasteiger partial charge < -0.3 is 14.4 Å². The molecule has 1 heterocycles. The number of rotatable bonds is 8. The first-order chi connectivity index (χ1) is 12.4. The topological polar surface area (TPSA) is 38.7 Å². The van der Waals surface area contributed by atoms with Crippen molar-refractivity contribution < 1.29 is 14.4 Å². The molecule has 1 aromatic rings. The van der Waals surface area contributed by atoms with Crippen molar-refractivity contribution >= 4 is 7.12 Å². The molecule has 3 nitrogen and oxygen atoms in total. The van der Waals surface area contributed by atoms with Crippen LogP contribution in [0.4, 0.5) is 0 Å². The van der Waals surface area contributed by atoms with E-state index in [9.17, 15) is 5.11 Å². The summed E-state index contributed by atoms with van der Waals surface area (Å²) in [6.07, 6.45) is 6.48. The van der Waals surface area contributed by atoms with Crippen molar-refractivity contribution in [1.82, 2.24) is 0 Å². The average Bonchev–Trinajstić information content (AvgIpc) is 3.42. The van der Waals surface area contributed by atoms with Gasteiger partial charge in [0.1, 0.15) is 5.60 Å². The zero-order valence-corrected chi connectivity index (χ0v) is 16.7. The molecule has 3 rings (SSSR count). The van der Waals surface area contributed by atoms with Crippen molar-refractivity contribution in [3.8, 4) is 0 Å². The van der Waals surface area contributed by atoms with Crippen LogP contribution in [-0.2, 0) is 14.9 Å². The van der Waals surface area contributed by atoms with Gasteiger partial charge in [0.15, 0.2) is 0 Å². The normalized spacial score (nSPS) is 25.3. The lowest BCUT2D eigenvalue weighted by Gasteiger charge is -2.33. The second-order valence-corrected chi connectivity index (χ2v) is 8.42. The fourth-order valence-corrected chi connectivity index (χ4v) is 3.87. The van der Waals surface area contributed by atoms with Gasteiger partial charge in [-0.1, -0.05) is 56.1 Å². The van der Waals surface area contributed by atoms with Gasteiger partial charge in [0, 0.05) is 0 Å². The molecule has 142 valence electrons. The predicted molar refractivity (Wildman–Crippen MR) is 107 cm³/mol. The van der Waals surface area contributed by atoms with Crippen LogP contribution in [0.2, 0.25) is 0 Å². The van der Waals surface area contributed by atoms with E-state index in [0.717, 1.165) is 36.8 Å². The van der Waals surface area contributed by atoms with Gasteiger partial charge in [-0.15, -0.1) is 0 Å². The van der Waals surface area contributed by atoms with Crippen LogP contribution in [0.25, 0.3) is 0 Å². The van der Waals surface area contributed by atoms with Gasteiger partial charge in [-0.2, -0.15) is 0 Å². The maximum atomic E-state index is 11.9. The lowest BCUT2D eigenvalue weighted by Crippen LogP contribution is -2.33. The standard InChI is InChI=1S/C22H33BO3/c1-5-6-8-13-20(16-23-25-17(2)21(3,4)26-23)22(24,19-14-15-19)18-11-9-7-10-12-18/h7,9-12,16-17,19,24H,5-6,8,13-15H2,1-4H3. The van der Waals surface area contributed by atoms with Crippen LogP contribution < -0.4 is 0 Å². The Morgan fingerprint density at radius 1 is 1.27 bits per heavy atom. The maximum absolute atomic E-state index is 11.9. The summed E-state index contributed by atoms with van der Waals surface area (Å²) in [7, 11) is -0.384. The average molecular weight is 356 g/mol. The lowest BCUT2D eigenvalue weighted by molar-refractivity contribution is 0.0478. The zero-order chi connectivity index (χ0) is 18.8. The second-order valence-electron chi connectivity index (χ2n) is 8.42. The third-order valence-corrected chi connectivity index (χ3v) is 6.00. The summed E-state index contributed by atoms with van der Waals surface area (Å²) in [4.78, 5) is 0. The van der Waals surface area contributed by atoms with Crippen LogP contribution >= 0.6 is 0 Å². The Morgan fingerprint density at radius 3 is 2.50 bits per heavy atom. The van der Waals surface area contributed by atoms with Crippen LogP contribution in [0, 0.1) is 5.92 Å². The molecule has 1 saturated heterocycles. The summed E-state index contributed by atoms with van der Waals surface area (Å²) in [6, 6.07) is 10.1. The molecule has 2 atom stereocenters. The van der Waals surface area contributed by atoms with E-state index < -0.39 is 5.60 Å². The van der Waals surface area contributed by atoms with Crippen molar-refractivity contribution in [2.24, 2.45) is 5.92 Å². The predicted octanol–water partition coefficient (Wildman–Crippen LogP) is 5.03. The van der Waals surface area contributed by atoms with Crippen molar-refractivity contribution in [3.05, 3.63) is 47.4 Å². The summed E-state index contributed by atoms with van der Waals surface area (Å²) < 4.78 is 12.2. The zero-order valence-electron chi connectivity index (χ0n) is 16.7. The molecule has 1 saturated carbocycles. The van der Waals surface area contributed by atoms with Gasteiger partial charge in [-0.3, -0.25) is 0 Å². The molecule has 4 heteroatoms.